The van der Waals surface area contributed by atoms with E-state index in [2.05, 4.69) is 11.9 Å². The van der Waals surface area contributed by atoms with Crippen LogP contribution in [0.25, 0.3) is 0 Å². The van der Waals surface area contributed by atoms with Gasteiger partial charge in [0.25, 0.3) is 0 Å². The molecule has 0 radical (unpaired) electrons. The van der Waals surface area contributed by atoms with Gasteiger partial charge in [0.1, 0.15) is 5.75 Å². The van der Waals surface area contributed by atoms with Crippen molar-refractivity contribution in [3.8, 4) is 5.75 Å². The van der Waals surface area contributed by atoms with Gasteiger partial charge in [-0.2, -0.15) is 0 Å². The molecule has 1 aromatic carbocycles. The summed E-state index contributed by atoms with van der Waals surface area (Å²) >= 11 is 0. The van der Waals surface area contributed by atoms with Crippen LogP contribution in [0.4, 0.5) is 5.69 Å². The Morgan fingerprint density at radius 3 is 2.95 bits per heavy atom. The van der Waals surface area contributed by atoms with Gasteiger partial charge in [-0.3, -0.25) is 4.90 Å². The van der Waals surface area contributed by atoms with Gasteiger partial charge in [0.05, 0.1) is 19.3 Å². The molecule has 2 rings (SSSR count). The number of hydrogen-bond acceptors (Lipinski definition) is 5. The van der Waals surface area contributed by atoms with Crippen molar-refractivity contribution in [2.45, 2.75) is 33.1 Å². The Bertz CT molecular complexity index is 449. The van der Waals surface area contributed by atoms with E-state index in [4.69, 9.17) is 19.9 Å². The maximum Gasteiger partial charge on any atom is 0.189 e. The number of nitrogens with zero attached hydrogens (tertiary/aromatic N) is 1. The molecule has 1 aromatic rings. The maximum absolute atomic E-state index is 5.94. The van der Waals surface area contributed by atoms with Crippen molar-refractivity contribution in [2.24, 2.45) is 0 Å². The minimum Gasteiger partial charge on any atom is -0.467 e. The summed E-state index contributed by atoms with van der Waals surface area (Å²) in [7, 11) is 2.07. The third-order valence-corrected chi connectivity index (χ3v) is 3.17. The van der Waals surface area contributed by atoms with Crippen LogP contribution in [0.1, 0.15) is 25.0 Å². The predicted octanol–water partition coefficient (Wildman–Crippen LogP) is 1.99. The van der Waals surface area contributed by atoms with Crippen molar-refractivity contribution >= 4 is 5.69 Å². The van der Waals surface area contributed by atoms with E-state index in [9.17, 15) is 0 Å². The van der Waals surface area contributed by atoms with Gasteiger partial charge in [-0.25, -0.2) is 0 Å². The highest BCUT2D eigenvalue weighted by atomic mass is 16.7. The van der Waals surface area contributed by atoms with Crippen LogP contribution in [0.3, 0.4) is 0 Å². The fourth-order valence-corrected chi connectivity index (χ4v) is 2.26. The zero-order chi connectivity index (χ0) is 14.5. The third-order valence-electron chi connectivity index (χ3n) is 3.17. The summed E-state index contributed by atoms with van der Waals surface area (Å²) in [5, 5.41) is 0. The summed E-state index contributed by atoms with van der Waals surface area (Å²) in [6.45, 7) is 7.34. The third kappa shape index (κ3) is 4.10. The van der Waals surface area contributed by atoms with Gasteiger partial charge in [0.2, 0.25) is 0 Å². The molecule has 0 amide bonds. The molecule has 0 aromatic heterocycles. The monoisotopic (exact) mass is 280 g/mol. The van der Waals surface area contributed by atoms with E-state index in [0.717, 1.165) is 42.3 Å². The quantitative estimate of drug-likeness (QED) is 0.808. The number of likely N-dealkylation sites (N-methyl/N-ethyl adjacent to an activating group) is 1. The van der Waals surface area contributed by atoms with Gasteiger partial charge in [-0.15, -0.1) is 0 Å². The Morgan fingerprint density at radius 2 is 2.20 bits per heavy atom. The SMILES string of the molecule is CC(C)OCCN(C)Cc1cc(N)cc2c1OCOC2. The van der Waals surface area contributed by atoms with E-state index >= 15 is 0 Å². The average molecular weight is 280 g/mol. The van der Waals surface area contributed by atoms with Crippen LogP contribution in [0.5, 0.6) is 5.75 Å². The Balaban J connectivity index is 1.99. The van der Waals surface area contributed by atoms with Crippen LogP contribution in [0.15, 0.2) is 12.1 Å². The van der Waals surface area contributed by atoms with Crippen LogP contribution < -0.4 is 10.5 Å². The number of benzene rings is 1. The van der Waals surface area contributed by atoms with Gasteiger partial charge in [0, 0.05) is 29.9 Å². The largest absolute Gasteiger partial charge is 0.467 e. The summed E-state index contributed by atoms with van der Waals surface area (Å²) in [5.41, 5.74) is 8.83. The Kier molecular flexibility index (Phi) is 5.23. The molecule has 20 heavy (non-hydrogen) atoms. The molecule has 0 aliphatic carbocycles. The lowest BCUT2D eigenvalue weighted by molar-refractivity contribution is -0.0174. The molecule has 1 heterocycles. The fourth-order valence-electron chi connectivity index (χ4n) is 2.26. The number of fused-ring (bicyclic) bond motifs is 1. The average Bonchev–Trinajstić information content (AvgIpc) is 2.38. The van der Waals surface area contributed by atoms with E-state index in [-0.39, 0.29) is 6.10 Å². The standard InChI is InChI=1S/C15H24N2O3/c1-11(2)19-5-4-17(3)8-12-6-14(16)7-13-9-18-10-20-15(12)13/h6-7,11H,4-5,8-10,16H2,1-3H3. The number of ether oxygens (including phenoxy) is 3. The molecule has 2 N–H and O–H groups in total. The van der Waals surface area contributed by atoms with Gasteiger partial charge < -0.3 is 19.9 Å². The zero-order valence-electron chi connectivity index (χ0n) is 12.5. The lowest BCUT2D eigenvalue weighted by atomic mass is 10.1. The van der Waals surface area contributed by atoms with Crippen molar-refractivity contribution < 1.29 is 14.2 Å². The molecule has 1 aliphatic rings. The summed E-state index contributed by atoms with van der Waals surface area (Å²) in [6, 6.07) is 3.89. The second-order valence-corrected chi connectivity index (χ2v) is 5.44. The van der Waals surface area contributed by atoms with Crippen molar-refractivity contribution in [2.75, 3.05) is 32.7 Å². The Morgan fingerprint density at radius 1 is 1.40 bits per heavy atom. The summed E-state index contributed by atoms with van der Waals surface area (Å²) in [6.07, 6.45) is 0.268. The van der Waals surface area contributed by atoms with Crippen LogP contribution in [0.2, 0.25) is 0 Å². The summed E-state index contributed by atoms with van der Waals surface area (Å²) in [4.78, 5) is 2.20. The first-order valence-corrected chi connectivity index (χ1v) is 6.98. The second-order valence-electron chi connectivity index (χ2n) is 5.44. The predicted molar refractivity (Wildman–Crippen MR) is 78.6 cm³/mol. The molecule has 1 aliphatic heterocycles. The van der Waals surface area contributed by atoms with Crippen LogP contribution in [-0.2, 0) is 22.6 Å². The van der Waals surface area contributed by atoms with Crippen LogP contribution >= 0.6 is 0 Å². The number of nitrogens with two attached hydrogens (primary N) is 1. The van der Waals surface area contributed by atoms with E-state index in [0.29, 0.717) is 13.4 Å². The molecule has 0 unspecified atom stereocenters. The molecule has 0 atom stereocenters. The molecule has 0 spiro atoms. The minimum absolute atomic E-state index is 0.268. The zero-order valence-corrected chi connectivity index (χ0v) is 12.5. The van der Waals surface area contributed by atoms with Gasteiger partial charge >= 0.3 is 0 Å². The molecule has 0 bridgehead atoms. The molecule has 5 heteroatoms. The molecule has 112 valence electrons. The Hall–Kier alpha value is -1.30. The van der Waals surface area contributed by atoms with E-state index in [1.54, 1.807) is 0 Å². The normalized spacial score (nSPS) is 14.4. The van der Waals surface area contributed by atoms with Crippen LogP contribution in [-0.4, -0.2) is 38.0 Å². The van der Waals surface area contributed by atoms with Crippen molar-refractivity contribution in [3.63, 3.8) is 0 Å². The highest BCUT2D eigenvalue weighted by molar-refractivity contribution is 5.53. The number of nitrogen functional groups attached to an aromatic ring is 1. The molecule has 5 nitrogen and oxygen atoms in total. The fraction of sp³-hybridized carbons (Fsp3) is 0.600. The molecular formula is C15H24N2O3. The van der Waals surface area contributed by atoms with E-state index < -0.39 is 0 Å². The summed E-state index contributed by atoms with van der Waals surface area (Å²) < 4.78 is 16.5. The second kappa shape index (κ2) is 6.92. The smallest absolute Gasteiger partial charge is 0.189 e. The van der Waals surface area contributed by atoms with Crippen molar-refractivity contribution in [3.05, 3.63) is 23.3 Å². The summed E-state index contributed by atoms with van der Waals surface area (Å²) in [5.74, 6) is 0.919. The highest BCUT2D eigenvalue weighted by Crippen LogP contribution is 2.31. The first kappa shape index (κ1) is 15.1. The topological polar surface area (TPSA) is 57.0 Å². The number of hydrogen-bond donors (Lipinski definition) is 1. The first-order valence-electron chi connectivity index (χ1n) is 6.98. The van der Waals surface area contributed by atoms with E-state index in [1.807, 2.05) is 26.0 Å². The van der Waals surface area contributed by atoms with E-state index in [1.165, 1.54) is 0 Å². The van der Waals surface area contributed by atoms with Crippen molar-refractivity contribution in [1.29, 1.82) is 0 Å². The van der Waals surface area contributed by atoms with Crippen LogP contribution in [0, 0.1) is 0 Å². The Labute approximate surface area is 120 Å². The minimum atomic E-state index is 0.268. The molecule has 0 fully saturated rings. The highest BCUT2D eigenvalue weighted by Gasteiger charge is 2.17. The van der Waals surface area contributed by atoms with Gasteiger partial charge in [-0.05, 0) is 33.0 Å². The van der Waals surface area contributed by atoms with Crippen molar-refractivity contribution in [1.82, 2.24) is 4.90 Å². The molecule has 0 saturated heterocycles. The first-order chi connectivity index (χ1) is 9.56. The molecular weight excluding hydrogens is 256 g/mol. The molecule has 0 saturated carbocycles. The van der Waals surface area contributed by atoms with Gasteiger partial charge in [-0.1, -0.05) is 0 Å². The van der Waals surface area contributed by atoms with Gasteiger partial charge in [0.15, 0.2) is 6.79 Å². The number of rotatable bonds is 6. The lowest BCUT2D eigenvalue weighted by Gasteiger charge is -2.24. The number of anilines is 1. The maximum atomic E-state index is 5.94. The lowest BCUT2D eigenvalue weighted by Crippen LogP contribution is -2.25.